The van der Waals surface area contributed by atoms with Gasteiger partial charge in [-0.1, -0.05) is 6.92 Å². The average Bonchev–Trinajstić information content (AvgIpc) is 2.40. The highest BCUT2D eigenvalue weighted by Gasteiger charge is 2.27. The molecule has 0 spiro atoms. The fraction of sp³-hybridized carbons (Fsp3) is 0.500. The lowest BCUT2D eigenvalue weighted by atomic mass is 10.0. The van der Waals surface area contributed by atoms with Crippen molar-refractivity contribution in [2.24, 2.45) is 5.92 Å². The minimum Gasteiger partial charge on any atom is -0.313 e. The van der Waals surface area contributed by atoms with E-state index in [4.69, 9.17) is 0 Å². The summed E-state index contributed by atoms with van der Waals surface area (Å²) in [7, 11) is 2.02. The van der Waals surface area contributed by atoms with Gasteiger partial charge >= 0.3 is 0 Å². The molecule has 1 aliphatic carbocycles. The highest BCUT2D eigenvalue weighted by Crippen LogP contribution is 2.34. The van der Waals surface area contributed by atoms with Gasteiger partial charge in [0.1, 0.15) is 0 Å². The molecule has 0 aliphatic heterocycles. The van der Waals surface area contributed by atoms with Crippen LogP contribution in [0.15, 0.2) is 18.5 Å². The van der Waals surface area contributed by atoms with Crippen LogP contribution in [0.1, 0.15) is 24.1 Å². The molecule has 1 N–H and O–H groups in total. The van der Waals surface area contributed by atoms with Crippen LogP contribution in [-0.2, 0) is 6.42 Å². The van der Waals surface area contributed by atoms with E-state index < -0.39 is 0 Å². The Morgan fingerprint density at radius 1 is 1.58 bits per heavy atom. The van der Waals surface area contributed by atoms with Crippen LogP contribution in [0.2, 0.25) is 0 Å². The molecule has 2 rings (SSSR count). The zero-order valence-corrected chi connectivity index (χ0v) is 7.54. The molecule has 2 atom stereocenters. The fourth-order valence-corrected chi connectivity index (χ4v) is 2.12. The Morgan fingerprint density at radius 2 is 2.42 bits per heavy atom. The molecule has 2 unspecified atom stereocenters. The van der Waals surface area contributed by atoms with Gasteiger partial charge in [-0.15, -0.1) is 0 Å². The van der Waals surface area contributed by atoms with Gasteiger partial charge in [-0.05, 0) is 36.6 Å². The Bertz CT molecular complexity index is 283. The molecule has 1 aromatic heterocycles. The maximum Gasteiger partial charge on any atom is 0.0350 e. The van der Waals surface area contributed by atoms with Crippen molar-refractivity contribution in [2.45, 2.75) is 19.4 Å². The van der Waals surface area contributed by atoms with E-state index in [9.17, 15) is 0 Å². The van der Waals surface area contributed by atoms with E-state index in [2.05, 4.69) is 23.3 Å². The summed E-state index contributed by atoms with van der Waals surface area (Å²) in [6, 6.07) is 2.66. The molecule has 0 saturated heterocycles. The van der Waals surface area contributed by atoms with Gasteiger partial charge in [0, 0.05) is 18.4 Å². The van der Waals surface area contributed by atoms with Crippen LogP contribution in [0, 0.1) is 5.92 Å². The first-order chi connectivity index (χ1) is 5.83. The third-order valence-electron chi connectivity index (χ3n) is 2.70. The molecule has 0 radical (unpaired) electrons. The third kappa shape index (κ3) is 1.03. The fourth-order valence-electron chi connectivity index (χ4n) is 2.12. The molecular weight excluding hydrogens is 148 g/mol. The Kier molecular flexibility index (Phi) is 1.85. The topological polar surface area (TPSA) is 24.9 Å². The van der Waals surface area contributed by atoms with Gasteiger partial charge in [0.2, 0.25) is 0 Å². The second-order valence-corrected chi connectivity index (χ2v) is 3.52. The lowest BCUT2D eigenvalue weighted by Gasteiger charge is -2.14. The number of fused-ring (bicyclic) bond motifs is 1. The summed E-state index contributed by atoms with van der Waals surface area (Å²) in [5.74, 6) is 0.703. The number of nitrogens with one attached hydrogen (secondary N) is 1. The van der Waals surface area contributed by atoms with Crippen LogP contribution in [0.5, 0.6) is 0 Å². The first kappa shape index (κ1) is 7.74. The summed E-state index contributed by atoms with van der Waals surface area (Å²) < 4.78 is 0. The first-order valence-corrected chi connectivity index (χ1v) is 4.43. The van der Waals surface area contributed by atoms with E-state index in [0.29, 0.717) is 12.0 Å². The van der Waals surface area contributed by atoms with E-state index in [0.717, 1.165) is 6.42 Å². The van der Waals surface area contributed by atoms with Crippen molar-refractivity contribution in [1.29, 1.82) is 0 Å². The van der Waals surface area contributed by atoms with E-state index in [1.165, 1.54) is 11.1 Å². The predicted molar refractivity (Wildman–Crippen MR) is 48.9 cm³/mol. The van der Waals surface area contributed by atoms with Gasteiger partial charge in [-0.3, -0.25) is 4.98 Å². The number of nitrogens with zero attached hydrogens (tertiary/aromatic N) is 1. The Balaban J connectivity index is 2.40. The standard InChI is InChI=1S/C10H14N2/c1-7-5-8-6-12-4-3-9(8)10(7)11-2/h3-4,6-7,10-11H,5H2,1-2H3. The molecule has 64 valence electrons. The molecule has 2 heteroatoms. The average molecular weight is 162 g/mol. The summed E-state index contributed by atoms with van der Waals surface area (Å²) in [6.45, 7) is 2.28. The van der Waals surface area contributed by atoms with Crippen LogP contribution in [-0.4, -0.2) is 12.0 Å². The largest absolute Gasteiger partial charge is 0.313 e. The van der Waals surface area contributed by atoms with Gasteiger partial charge in [-0.25, -0.2) is 0 Å². The van der Waals surface area contributed by atoms with Crippen LogP contribution in [0.4, 0.5) is 0 Å². The summed E-state index contributed by atoms with van der Waals surface area (Å²) in [5, 5.41) is 3.34. The van der Waals surface area contributed by atoms with Crippen LogP contribution >= 0.6 is 0 Å². The van der Waals surface area contributed by atoms with Crippen molar-refractivity contribution >= 4 is 0 Å². The summed E-state index contributed by atoms with van der Waals surface area (Å²) >= 11 is 0. The number of aromatic nitrogens is 1. The van der Waals surface area contributed by atoms with Gasteiger partial charge in [0.15, 0.2) is 0 Å². The van der Waals surface area contributed by atoms with Crippen molar-refractivity contribution < 1.29 is 0 Å². The monoisotopic (exact) mass is 162 g/mol. The normalized spacial score (nSPS) is 27.2. The smallest absolute Gasteiger partial charge is 0.0350 e. The lowest BCUT2D eigenvalue weighted by Crippen LogP contribution is -2.19. The molecule has 0 saturated carbocycles. The minimum absolute atomic E-state index is 0.531. The second-order valence-electron chi connectivity index (χ2n) is 3.52. The Labute approximate surface area is 73.0 Å². The van der Waals surface area contributed by atoms with Crippen molar-refractivity contribution in [3.63, 3.8) is 0 Å². The maximum atomic E-state index is 4.13. The van der Waals surface area contributed by atoms with Crippen molar-refractivity contribution in [3.8, 4) is 0 Å². The molecule has 1 aliphatic rings. The second kappa shape index (κ2) is 2.87. The van der Waals surface area contributed by atoms with Crippen LogP contribution in [0.3, 0.4) is 0 Å². The number of rotatable bonds is 1. The summed E-state index contributed by atoms with van der Waals surface area (Å²) in [4.78, 5) is 4.13. The summed E-state index contributed by atoms with van der Waals surface area (Å²) in [6.07, 6.45) is 5.03. The molecule has 0 amide bonds. The van der Waals surface area contributed by atoms with Crippen molar-refractivity contribution in [3.05, 3.63) is 29.6 Å². The molecule has 2 nitrogen and oxygen atoms in total. The van der Waals surface area contributed by atoms with Gasteiger partial charge in [0.25, 0.3) is 0 Å². The van der Waals surface area contributed by atoms with Crippen molar-refractivity contribution in [1.82, 2.24) is 10.3 Å². The SMILES string of the molecule is CNC1c2ccncc2CC1C. The third-order valence-corrected chi connectivity index (χ3v) is 2.70. The van der Waals surface area contributed by atoms with E-state index in [1.807, 2.05) is 19.4 Å². The first-order valence-electron chi connectivity index (χ1n) is 4.43. The zero-order chi connectivity index (χ0) is 8.55. The molecule has 0 bridgehead atoms. The quantitative estimate of drug-likeness (QED) is 0.677. The molecule has 12 heavy (non-hydrogen) atoms. The van der Waals surface area contributed by atoms with Crippen LogP contribution in [0.25, 0.3) is 0 Å². The van der Waals surface area contributed by atoms with Crippen LogP contribution < -0.4 is 5.32 Å². The van der Waals surface area contributed by atoms with Gasteiger partial charge in [0.05, 0.1) is 0 Å². The molecule has 1 aromatic rings. The van der Waals surface area contributed by atoms with Crippen molar-refractivity contribution in [2.75, 3.05) is 7.05 Å². The Hall–Kier alpha value is -0.890. The predicted octanol–water partition coefficient (Wildman–Crippen LogP) is 1.53. The van der Waals surface area contributed by atoms with Gasteiger partial charge in [-0.2, -0.15) is 0 Å². The lowest BCUT2D eigenvalue weighted by molar-refractivity contribution is 0.447. The highest BCUT2D eigenvalue weighted by molar-refractivity contribution is 5.32. The number of hydrogen-bond acceptors (Lipinski definition) is 2. The highest BCUT2D eigenvalue weighted by atomic mass is 14.9. The van der Waals surface area contributed by atoms with E-state index in [-0.39, 0.29) is 0 Å². The Morgan fingerprint density at radius 3 is 3.17 bits per heavy atom. The minimum atomic E-state index is 0.531. The molecule has 0 aromatic carbocycles. The van der Waals surface area contributed by atoms with Gasteiger partial charge < -0.3 is 5.32 Å². The number of hydrogen-bond donors (Lipinski definition) is 1. The zero-order valence-electron chi connectivity index (χ0n) is 7.54. The molecule has 0 fully saturated rings. The molecule has 1 heterocycles. The van der Waals surface area contributed by atoms with E-state index >= 15 is 0 Å². The molecular formula is C10H14N2. The van der Waals surface area contributed by atoms with E-state index in [1.54, 1.807) is 0 Å². The number of pyridine rings is 1. The maximum absolute atomic E-state index is 4.13. The summed E-state index contributed by atoms with van der Waals surface area (Å²) in [5.41, 5.74) is 2.84.